The molecule has 1 aromatic rings. The first-order chi connectivity index (χ1) is 8.99. The standard InChI is InChI=1S/C14H18BrFN2O/c1-17-7-3-4-11(17)9-18(2)14(19)12-8-10(15)5-6-13(12)16/h5-6,8,11H,3-4,7,9H2,1-2H3. The molecule has 0 radical (unpaired) electrons. The van der Waals surface area contributed by atoms with Gasteiger partial charge in [-0.2, -0.15) is 0 Å². The lowest BCUT2D eigenvalue weighted by Crippen LogP contribution is -2.39. The van der Waals surface area contributed by atoms with Crippen molar-refractivity contribution in [2.45, 2.75) is 18.9 Å². The van der Waals surface area contributed by atoms with Gasteiger partial charge in [-0.1, -0.05) is 15.9 Å². The van der Waals surface area contributed by atoms with Crippen molar-refractivity contribution >= 4 is 21.8 Å². The van der Waals surface area contributed by atoms with Crippen molar-refractivity contribution in [1.82, 2.24) is 9.80 Å². The molecule has 0 saturated carbocycles. The smallest absolute Gasteiger partial charge is 0.256 e. The number of hydrogen-bond donors (Lipinski definition) is 0. The second-order valence-electron chi connectivity index (χ2n) is 5.09. The van der Waals surface area contributed by atoms with Gasteiger partial charge < -0.3 is 9.80 Å². The van der Waals surface area contributed by atoms with Gasteiger partial charge in [0.2, 0.25) is 0 Å². The van der Waals surface area contributed by atoms with Crippen molar-refractivity contribution < 1.29 is 9.18 Å². The number of halogens is 2. The number of rotatable bonds is 3. The van der Waals surface area contributed by atoms with Crippen LogP contribution in [0.1, 0.15) is 23.2 Å². The van der Waals surface area contributed by atoms with Crippen molar-refractivity contribution in [3.05, 3.63) is 34.1 Å². The summed E-state index contributed by atoms with van der Waals surface area (Å²) < 4.78 is 14.4. The number of carbonyl (C=O) groups excluding carboxylic acids is 1. The van der Waals surface area contributed by atoms with Crippen LogP contribution in [0, 0.1) is 5.82 Å². The molecule has 1 unspecified atom stereocenters. The van der Waals surface area contributed by atoms with E-state index in [1.54, 1.807) is 18.0 Å². The quantitative estimate of drug-likeness (QED) is 0.851. The van der Waals surface area contributed by atoms with Gasteiger partial charge in [0.05, 0.1) is 5.56 Å². The summed E-state index contributed by atoms with van der Waals surface area (Å²) in [5, 5.41) is 0. The van der Waals surface area contributed by atoms with E-state index in [2.05, 4.69) is 27.9 Å². The largest absolute Gasteiger partial charge is 0.340 e. The number of likely N-dealkylation sites (N-methyl/N-ethyl adjacent to an activating group) is 2. The minimum Gasteiger partial charge on any atom is -0.340 e. The molecule has 2 rings (SSSR count). The van der Waals surface area contributed by atoms with Crippen LogP contribution >= 0.6 is 15.9 Å². The summed E-state index contributed by atoms with van der Waals surface area (Å²) in [6, 6.07) is 4.82. The Morgan fingerprint density at radius 1 is 1.58 bits per heavy atom. The molecule has 1 aromatic carbocycles. The van der Waals surface area contributed by atoms with Crippen molar-refractivity contribution in [1.29, 1.82) is 0 Å². The van der Waals surface area contributed by atoms with E-state index < -0.39 is 5.82 Å². The summed E-state index contributed by atoms with van der Waals surface area (Å²) in [7, 11) is 3.80. The van der Waals surface area contributed by atoms with Gasteiger partial charge >= 0.3 is 0 Å². The van der Waals surface area contributed by atoms with Gasteiger partial charge in [0.1, 0.15) is 5.82 Å². The first-order valence-corrected chi connectivity index (χ1v) is 7.19. The summed E-state index contributed by atoms with van der Waals surface area (Å²) in [6.07, 6.45) is 2.25. The van der Waals surface area contributed by atoms with Gasteiger partial charge in [0.15, 0.2) is 0 Å². The van der Waals surface area contributed by atoms with Crippen LogP contribution in [0.15, 0.2) is 22.7 Å². The highest BCUT2D eigenvalue weighted by Gasteiger charge is 2.25. The lowest BCUT2D eigenvalue weighted by atomic mass is 10.1. The first kappa shape index (κ1) is 14.5. The summed E-state index contributed by atoms with van der Waals surface area (Å²) >= 11 is 3.27. The Kier molecular flexibility index (Phi) is 4.58. The number of hydrogen-bond acceptors (Lipinski definition) is 2. The second-order valence-corrected chi connectivity index (χ2v) is 6.00. The molecule has 0 spiro atoms. The molecule has 1 fully saturated rings. The zero-order chi connectivity index (χ0) is 14.0. The SMILES string of the molecule is CN(CC1CCCN1C)C(=O)c1cc(Br)ccc1F. The number of benzene rings is 1. The van der Waals surface area contributed by atoms with Gasteiger partial charge in [0, 0.05) is 24.1 Å². The Morgan fingerprint density at radius 2 is 2.32 bits per heavy atom. The van der Waals surface area contributed by atoms with Gasteiger partial charge in [-0.05, 0) is 44.6 Å². The van der Waals surface area contributed by atoms with E-state index in [9.17, 15) is 9.18 Å². The molecule has 1 atom stereocenters. The highest BCUT2D eigenvalue weighted by Crippen LogP contribution is 2.19. The molecule has 19 heavy (non-hydrogen) atoms. The van der Waals surface area contributed by atoms with E-state index in [1.807, 2.05) is 0 Å². The fourth-order valence-corrected chi connectivity index (χ4v) is 2.84. The van der Waals surface area contributed by atoms with Gasteiger partial charge in [0.25, 0.3) is 5.91 Å². The molecular weight excluding hydrogens is 311 g/mol. The fourth-order valence-electron chi connectivity index (χ4n) is 2.48. The Bertz CT molecular complexity index is 481. The maximum Gasteiger partial charge on any atom is 0.256 e. The second kappa shape index (κ2) is 6.01. The number of amides is 1. The maximum atomic E-state index is 13.7. The minimum absolute atomic E-state index is 0.123. The highest BCUT2D eigenvalue weighted by molar-refractivity contribution is 9.10. The molecular formula is C14H18BrFN2O. The Hall–Kier alpha value is -0.940. The van der Waals surface area contributed by atoms with Crippen LogP contribution in [0.5, 0.6) is 0 Å². The average Bonchev–Trinajstić information content (AvgIpc) is 2.77. The average molecular weight is 329 g/mol. The van der Waals surface area contributed by atoms with Crippen molar-refractivity contribution in [2.75, 3.05) is 27.2 Å². The fraction of sp³-hybridized carbons (Fsp3) is 0.500. The van der Waals surface area contributed by atoms with E-state index in [0.717, 1.165) is 19.4 Å². The zero-order valence-electron chi connectivity index (χ0n) is 11.2. The molecule has 1 heterocycles. The van der Waals surface area contributed by atoms with Crippen molar-refractivity contribution in [3.63, 3.8) is 0 Å². The Balaban J connectivity index is 2.08. The summed E-state index contributed by atoms with van der Waals surface area (Å²) in [5.74, 6) is -0.737. The van der Waals surface area contributed by atoms with Crippen LogP contribution in [-0.4, -0.2) is 48.9 Å². The first-order valence-electron chi connectivity index (χ1n) is 6.40. The van der Waals surface area contributed by atoms with Crippen LogP contribution in [0.25, 0.3) is 0 Å². The normalized spacial score (nSPS) is 19.7. The lowest BCUT2D eigenvalue weighted by Gasteiger charge is -2.26. The highest BCUT2D eigenvalue weighted by atomic mass is 79.9. The van der Waals surface area contributed by atoms with Crippen molar-refractivity contribution in [2.24, 2.45) is 0 Å². The molecule has 104 valence electrons. The number of carbonyl (C=O) groups is 1. The molecule has 1 saturated heterocycles. The molecule has 1 aliphatic heterocycles. The van der Waals surface area contributed by atoms with Gasteiger partial charge in [-0.15, -0.1) is 0 Å². The number of likely N-dealkylation sites (tertiary alicyclic amines) is 1. The zero-order valence-corrected chi connectivity index (χ0v) is 12.8. The van der Waals surface area contributed by atoms with Crippen LogP contribution in [0.2, 0.25) is 0 Å². The van der Waals surface area contributed by atoms with Gasteiger partial charge in [-0.3, -0.25) is 4.79 Å². The topological polar surface area (TPSA) is 23.6 Å². The van der Waals surface area contributed by atoms with E-state index in [1.165, 1.54) is 12.1 Å². The third kappa shape index (κ3) is 3.34. The van der Waals surface area contributed by atoms with Crippen LogP contribution < -0.4 is 0 Å². The summed E-state index contributed by atoms with van der Waals surface area (Å²) in [5.41, 5.74) is 0.123. The van der Waals surface area contributed by atoms with E-state index >= 15 is 0 Å². The van der Waals surface area contributed by atoms with Crippen LogP contribution in [-0.2, 0) is 0 Å². The minimum atomic E-state index is -0.472. The van der Waals surface area contributed by atoms with E-state index in [4.69, 9.17) is 0 Å². The molecule has 0 aliphatic carbocycles. The summed E-state index contributed by atoms with van der Waals surface area (Å²) in [6.45, 7) is 1.71. The third-order valence-electron chi connectivity index (χ3n) is 3.66. The van der Waals surface area contributed by atoms with Crippen molar-refractivity contribution in [3.8, 4) is 0 Å². The van der Waals surface area contributed by atoms with Crippen LogP contribution in [0.4, 0.5) is 4.39 Å². The molecule has 0 bridgehead atoms. The Labute approximate surface area is 121 Å². The predicted octanol–water partition coefficient (Wildman–Crippen LogP) is 2.75. The Morgan fingerprint density at radius 3 is 2.95 bits per heavy atom. The van der Waals surface area contributed by atoms with Crippen LogP contribution in [0.3, 0.4) is 0 Å². The van der Waals surface area contributed by atoms with E-state index in [-0.39, 0.29) is 11.5 Å². The number of nitrogens with zero attached hydrogens (tertiary/aromatic N) is 2. The summed E-state index contributed by atoms with van der Waals surface area (Å²) in [4.78, 5) is 16.1. The molecule has 0 N–H and O–H groups in total. The predicted molar refractivity (Wildman–Crippen MR) is 76.7 cm³/mol. The van der Waals surface area contributed by atoms with E-state index in [0.29, 0.717) is 17.1 Å². The van der Waals surface area contributed by atoms with Gasteiger partial charge in [-0.25, -0.2) is 4.39 Å². The molecule has 1 amide bonds. The molecule has 3 nitrogen and oxygen atoms in total. The molecule has 0 aromatic heterocycles. The molecule has 5 heteroatoms. The molecule has 1 aliphatic rings. The third-order valence-corrected chi connectivity index (χ3v) is 4.15. The maximum absolute atomic E-state index is 13.7. The lowest BCUT2D eigenvalue weighted by molar-refractivity contribution is 0.0757. The monoisotopic (exact) mass is 328 g/mol.